The number of pyridine rings is 1. The second-order valence-corrected chi connectivity index (χ2v) is 5.93. The van der Waals surface area contributed by atoms with Gasteiger partial charge in [-0.2, -0.15) is 0 Å². The predicted octanol–water partition coefficient (Wildman–Crippen LogP) is 1.93. The fourth-order valence-corrected chi connectivity index (χ4v) is 2.59. The molecule has 1 fully saturated rings. The summed E-state index contributed by atoms with van der Waals surface area (Å²) < 4.78 is 0. The Balaban J connectivity index is 2.07. The number of nitrogens with zero attached hydrogens (tertiary/aromatic N) is 3. The third-order valence-electron chi connectivity index (χ3n) is 3.72. The molecule has 0 N–H and O–H groups in total. The van der Waals surface area contributed by atoms with Crippen LogP contribution in [0.25, 0.3) is 0 Å². The maximum Gasteiger partial charge on any atom is 0.255 e. The van der Waals surface area contributed by atoms with Crippen LogP contribution >= 0.6 is 0 Å². The van der Waals surface area contributed by atoms with Crippen molar-refractivity contribution >= 4 is 11.8 Å². The number of hydrogen-bond acceptors (Lipinski definition) is 3. The molecule has 0 radical (unpaired) electrons. The maximum atomic E-state index is 12.3. The Hall–Kier alpha value is -1.91. The summed E-state index contributed by atoms with van der Waals surface area (Å²) in [5.74, 6) is 0.100. The second-order valence-electron chi connectivity index (χ2n) is 5.93. The van der Waals surface area contributed by atoms with Crippen molar-refractivity contribution in [2.24, 2.45) is 5.92 Å². The van der Waals surface area contributed by atoms with Crippen molar-refractivity contribution < 1.29 is 9.59 Å². The zero-order valence-corrected chi connectivity index (χ0v) is 13.0. The van der Waals surface area contributed by atoms with Gasteiger partial charge in [0.15, 0.2) is 0 Å². The number of amides is 2. The normalized spacial score (nSPS) is 14.6. The molecule has 114 valence electrons. The molecule has 0 spiro atoms. The Morgan fingerprint density at radius 3 is 2.57 bits per heavy atom. The third kappa shape index (κ3) is 3.80. The summed E-state index contributed by atoms with van der Waals surface area (Å²) in [6.45, 7) is 5.89. The average molecular weight is 289 g/mol. The molecule has 0 unspecified atom stereocenters. The molecule has 2 heterocycles. The molecule has 0 bridgehead atoms. The van der Waals surface area contributed by atoms with Gasteiger partial charge < -0.3 is 9.80 Å². The fourth-order valence-electron chi connectivity index (χ4n) is 2.59. The molecule has 0 aliphatic carbocycles. The molecule has 5 nitrogen and oxygen atoms in total. The van der Waals surface area contributed by atoms with Gasteiger partial charge in [0.05, 0.1) is 5.56 Å². The van der Waals surface area contributed by atoms with Gasteiger partial charge in [0.1, 0.15) is 0 Å². The Morgan fingerprint density at radius 2 is 1.95 bits per heavy atom. The van der Waals surface area contributed by atoms with E-state index in [4.69, 9.17) is 0 Å². The monoisotopic (exact) mass is 289 g/mol. The van der Waals surface area contributed by atoms with Crippen molar-refractivity contribution in [3.63, 3.8) is 0 Å². The summed E-state index contributed by atoms with van der Waals surface area (Å²) in [6, 6.07) is 1.84. The lowest BCUT2D eigenvalue weighted by atomic mass is 10.1. The Kier molecular flexibility index (Phi) is 4.94. The van der Waals surface area contributed by atoms with Crippen LogP contribution in [0.1, 0.15) is 42.6 Å². The van der Waals surface area contributed by atoms with E-state index in [-0.39, 0.29) is 17.7 Å². The molecule has 0 atom stereocenters. The molecule has 1 aromatic heterocycles. The predicted molar refractivity (Wildman–Crippen MR) is 80.7 cm³/mol. The van der Waals surface area contributed by atoms with Gasteiger partial charge in [0, 0.05) is 45.0 Å². The van der Waals surface area contributed by atoms with Crippen LogP contribution in [0.4, 0.5) is 0 Å². The number of aromatic nitrogens is 1. The van der Waals surface area contributed by atoms with Crippen molar-refractivity contribution in [1.82, 2.24) is 14.8 Å². The summed E-state index contributed by atoms with van der Waals surface area (Å²) in [4.78, 5) is 31.9. The van der Waals surface area contributed by atoms with E-state index in [1.165, 1.54) is 0 Å². The summed E-state index contributed by atoms with van der Waals surface area (Å²) in [5, 5.41) is 0. The molecule has 1 saturated heterocycles. The lowest BCUT2D eigenvalue weighted by Crippen LogP contribution is -2.30. The molecular formula is C16H23N3O2. The summed E-state index contributed by atoms with van der Waals surface area (Å²) >= 11 is 0. The number of likely N-dealkylation sites (tertiary alicyclic amines) is 1. The highest BCUT2D eigenvalue weighted by Crippen LogP contribution is 2.14. The van der Waals surface area contributed by atoms with E-state index < -0.39 is 0 Å². The zero-order valence-electron chi connectivity index (χ0n) is 13.0. The van der Waals surface area contributed by atoms with Crippen LogP contribution in [-0.4, -0.2) is 46.7 Å². The molecule has 1 aliphatic heterocycles. The maximum absolute atomic E-state index is 12.3. The molecule has 1 aromatic rings. The molecule has 21 heavy (non-hydrogen) atoms. The van der Waals surface area contributed by atoms with Crippen molar-refractivity contribution in [2.75, 3.05) is 20.1 Å². The average Bonchev–Trinajstić information content (AvgIpc) is 3.00. The van der Waals surface area contributed by atoms with Crippen LogP contribution in [0, 0.1) is 5.92 Å². The van der Waals surface area contributed by atoms with Gasteiger partial charge in [-0.05, 0) is 24.5 Å². The molecule has 0 aromatic carbocycles. The first-order valence-corrected chi connectivity index (χ1v) is 7.47. The first-order chi connectivity index (χ1) is 9.99. The van der Waals surface area contributed by atoms with E-state index in [0.29, 0.717) is 12.1 Å². The van der Waals surface area contributed by atoms with Gasteiger partial charge in [-0.15, -0.1) is 0 Å². The van der Waals surface area contributed by atoms with Crippen LogP contribution in [0.2, 0.25) is 0 Å². The van der Waals surface area contributed by atoms with E-state index in [2.05, 4.69) is 4.98 Å². The van der Waals surface area contributed by atoms with E-state index in [1.54, 1.807) is 24.3 Å². The minimum Gasteiger partial charge on any atom is -0.341 e. The topological polar surface area (TPSA) is 53.5 Å². The summed E-state index contributed by atoms with van der Waals surface area (Å²) in [7, 11) is 1.78. The van der Waals surface area contributed by atoms with Crippen molar-refractivity contribution in [2.45, 2.75) is 33.2 Å². The van der Waals surface area contributed by atoms with Crippen molar-refractivity contribution in [3.8, 4) is 0 Å². The van der Waals surface area contributed by atoms with Gasteiger partial charge in [-0.1, -0.05) is 13.8 Å². The Labute approximate surface area is 126 Å². The van der Waals surface area contributed by atoms with Crippen molar-refractivity contribution in [3.05, 3.63) is 29.6 Å². The van der Waals surface area contributed by atoms with Crippen LogP contribution in [0.3, 0.4) is 0 Å². The van der Waals surface area contributed by atoms with Gasteiger partial charge in [-0.3, -0.25) is 14.6 Å². The van der Waals surface area contributed by atoms with Gasteiger partial charge >= 0.3 is 0 Å². The van der Waals surface area contributed by atoms with Crippen LogP contribution < -0.4 is 0 Å². The van der Waals surface area contributed by atoms with Gasteiger partial charge in [0.25, 0.3) is 5.91 Å². The number of hydrogen-bond donors (Lipinski definition) is 0. The Bertz CT molecular complexity index is 522. The number of carbonyl (C=O) groups is 2. The third-order valence-corrected chi connectivity index (χ3v) is 3.72. The Morgan fingerprint density at radius 1 is 1.29 bits per heavy atom. The van der Waals surface area contributed by atoms with Gasteiger partial charge in [0.2, 0.25) is 5.91 Å². The molecule has 5 heteroatoms. The number of rotatable bonds is 4. The van der Waals surface area contributed by atoms with E-state index in [1.807, 2.05) is 24.8 Å². The minimum atomic E-state index is -0.0302. The fraction of sp³-hybridized carbons (Fsp3) is 0.562. The minimum absolute atomic E-state index is 0.0302. The second kappa shape index (κ2) is 6.70. The van der Waals surface area contributed by atoms with E-state index in [9.17, 15) is 9.59 Å². The molecule has 2 amide bonds. The SMILES string of the molecule is CC(C)C(=O)N(C)Cc1cncc(C(=O)N2CCCC2)c1. The summed E-state index contributed by atoms with van der Waals surface area (Å²) in [5.41, 5.74) is 1.50. The van der Waals surface area contributed by atoms with Crippen LogP contribution in [-0.2, 0) is 11.3 Å². The first kappa shape index (κ1) is 15.5. The lowest BCUT2D eigenvalue weighted by Gasteiger charge is -2.20. The van der Waals surface area contributed by atoms with E-state index >= 15 is 0 Å². The summed E-state index contributed by atoms with van der Waals surface area (Å²) in [6.07, 6.45) is 5.47. The first-order valence-electron chi connectivity index (χ1n) is 7.47. The van der Waals surface area contributed by atoms with Crippen LogP contribution in [0.15, 0.2) is 18.5 Å². The quantitative estimate of drug-likeness (QED) is 0.851. The highest BCUT2D eigenvalue weighted by Gasteiger charge is 2.20. The standard InChI is InChI=1S/C16H23N3O2/c1-12(2)15(20)18(3)11-13-8-14(10-17-9-13)16(21)19-6-4-5-7-19/h8-10,12H,4-7,11H2,1-3H3. The van der Waals surface area contributed by atoms with E-state index in [0.717, 1.165) is 31.5 Å². The van der Waals surface area contributed by atoms with Crippen molar-refractivity contribution in [1.29, 1.82) is 0 Å². The number of carbonyl (C=O) groups excluding carboxylic acids is 2. The van der Waals surface area contributed by atoms with Gasteiger partial charge in [-0.25, -0.2) is 0 Å². The lowest BCUT2D eigenvalue weighted by molar-refractivity contribution is -0.133. The zero-order chi connectivity index (χ0) is 15.4. The smallest absolute Gasteiger partial charge is 0.255 e. The largest absolute Gasteiger partial charge is 0.341 e. The van der Waals surface area contributed by atoms with Crippen LogP contribution in [0.5, 0.6) is 0 Å². The molecule has 1 aliphatic rings. The molecule has 2 rings (SSSR count). The molecular weight excluding hydrogens is 266 g/mol. The highest BCUT2D eigenvalue weighted by atomic mass is 16.2. The molecule has 0 saturated carbocycles. The highest BCUT2D eigenvalue weighted by molar-refractivity contribution is 5.94.